The van der Waals surface area contributed by atoms with E-state index in [1.807, 2.05) is 0 Å². The molecule has 0 spiro atoms. The summed E-state index contributed by atoms with van der Waals surface area (Å²) >= 11 is 0. The Morgan fingerprint density at radius 3 is 1.90 bits per heavy atom. The Kier molecular flexibility index (Phi) is 4.99. The van der Waals surface area contributed by atoms with Gasteiger partial charge in [-0.3, -0.25) is 0 Å². The van der Waals surface area contributed by atoms with Crippen molar-refractivity contribution < 1.29 is 0 Å². The SMILES string of the molecule is Cc1nc(CCC(C)(C)C)nc(C(C)(C)C)c1C(C)C. The fraction of sp³-hybridized carbons (Fsp3) is 0.778. The van der Waals surface area contributed by atoms with E-state index in [1.54, 1.807) is 0 Å². The van der Waals surface area contributed by atoms with E-state index < -0.39 is 0 Å². The van der Waals surface area contributed by atoms with Crippen molar-refractivity contribution in [3.63, 3.8) is 0 Å². The van der Waals surface area contributed by atoms with Crippen molar-refractivity contribution >= 4 is 0 Å². The van der Waals surface area contributed by atoms with Gasteiger partial charge < -0.3 is 0 Å². The molecule has 0 saturated heterocycles. The van der Waals surface area contributed by atoms with Gasteiger partial charge in [0.05, 0.1) is 5.69 Å². The molecule has 0 aliphatic rings. The van der Waals surface area contributed by atoms with Crippen molar-refractivity contribution in [3.8, 4) is 0 Å². The Balaban J connectivity index is 3.22. The van der Waals surface area contributed by atoms with Gasteiger partial charge in [-0.15, -0.1) is 0 Å². The average Bonchev–Trinajstić information content (AvgIpc) is 2.22. The number of aromatic nitrogens is 2. The summed E-state index contributed by atoms with van der Waals surface area (Å²) in [5.74, 6) is 1.48. The maximum atomic E-state index is 4.92. The molecule has 0 aliphatic heterocycles. The van der Waals surface area contributed by atoms with Crippen molar-refractivity contribution in [3.05, 3.63) is 22.8 Å². The second-order valence-electron chi connectivity index (χ2n) is 8.45. The summed E-state index contributed by atoms with van der Waals surface area (Å²) in [6.07, 6.45) is 2.09. The second-order valence-corrected chi connectivity index (χ2v) is 8.45. The van der Waals surface area contributed by atoms with E-state index in [9.17, 15) is 0 Å². The Bertz CT molecular complexity index is 460. The largest absolute Gasteiger partial charge is 0.238 e. The molecule has 20 heavy (non-hydrogen) atoms. The standard InChI is InChI=1S/C18H32N2/c1-12(2)15-13(3)19-14(10-11-17(4,5)6)20-16(15)18(7,8)9/h12H,10-11H2,1-9H3. The van der Waals surface area contributed by atoms with Crippen LogP contribution in [0.15, 0.2) is 0 Å². The van der Waals surface area contributed by atoms with Crippen LogP contribution in [-0.4, -0.2) is 9.97 Å². The molecule has 114 valence electrons. The van der Waals surface area contributed by atoms with Gasteiger partial charge in [0.2, 0.25) is 0 Å². The molecular weight excluding hydrogens is 244 g/mol. The van der Waals surface area contributed by atoms with Crippen LogP contribution in [0.4, 0.5) is 0 Å². The zero-order chi connectivity index (χ0) is 15.7. The highest BCUT2D eigenvalue weighted by molar-refractivity contribution is 5.33. The molecule has 0 radical (unpaired) electrons. The van der Waals surface area contributed by atoms with Crippen LogP contribution in [0.3, 0.4) is 0 Å². The fourth-order valence-electron chi connectivity index (χ4n) is 2.50. The summed E-state index contributed by atoms with van der Waals surface area (Å²) in [4.78, 5) is 9.68. The molecule has 0 fully saturated rings. The highest BCUT2D eigenvalue weighted by atomic mass is 14.9. The third-order valence-corrected chi connectivity index (χ3v) is 3.57. The van der Waals surface area contributed by atoms with Crippen molar-refractivity contribution in [1.29, 1.82) is 0 Å². The van der Waals surface area contributed by atoms with Crippen LogP contribution in [0.1, 0.15) is 90.5 Å². The van der Waals surface area contributed by atoms with Crippen LogP contribution in [0, 0.1) is 12.3 Å². The lowest BCUT2D eigenvalue weighted by atomic mass is 9.84. The van der Waals surface area contributed by atoms with Gasteiger partial charge in [0.1, 0.15) is 5.82 Å². The first-order chi connectivity index (χ1) is 8.92. The van der Waals surface area contributed by atoms with E-state index in [2.05, 4.69) is 62.3 Å². The highest BCUT2D eigenvalue weighted by Crippen LogP contribution is 2.31. The summed E-state index contributed by atoms with van der Waals surface area (Å²) in [6, 6.07) is 0. The lowest BCUT2D eigenvalue weighted by molar-refractivity contribution is 0.373. The summed E-state index contributed by atoms with van der Waals surface area (Å²) in [7, 11) is 0. The molecule has 1 aromatic heterocycles. The molecule has 2 nitrogen and oxygen atoms in total. The van der Waals surface area contributed by atoms with Gasteiger partial charge in [0, 0.05) is 17.5 Å². The van der Waals surface area contributed by atoms with Crippen LogP contribution >= 0.6 is 0 Å². The normalized spacial score (nSPS) is 13.1. The van der Waals surface area contributed by atoms with E-state index in [0.29, 0.717) is 11.3 Å². The summed E-state index contributed by atoms with van der Waals surface area (Å²) in [6.45, 7) is 20.1. The topological polar surface area (TPSA) is 25.8 Å². The predicted octanol–water partition coefficient (Wildman–Crippen LogP) is 5.18. The van der Waals surface area contributed by atoms with E-state index in [4.69, 9.17) is 9.97 Å². The Labute approximate surface area is 125 Å². The average molecular weight is 276 g/mol. The molecule has 2 heteroatoms. The maximum absolute atomic E-state index is 4.92. The molecule has 0 atom stereocenters. The molecule has 1 aromatic rings. The predicted molar refractivity (Wildman–Crippen MR) is 87.3 cm³/mol. The van der Waals surface area contributed by atoms with E-state index >= 15 is 0 Å². The van der Waals surface area contributed by atoms with Crippen LogP contribution < -0.4 is 0 Å². The lowest BCUT2D eigenvalue weighted by Gasteiger charge is -2.26. The number of nitrogens with zero attached hydrogens (tertiary/aromatic N) is 2. The zero-order valence-electron chi connectivity index (χ0n) is 14.9. The molecule has 0 amide bonds. The van der Waals surface area contributed by atoms with Crippen LogP contribution in [-0.2, 0) is 11.8 Å². The number of rotatable bonds is 3. The van der Waals surface area contributed by atoms with Gasteiger partial charge in [-0.05, 0) is 30.2 Å². The second kappa shape index (κ2) is 5.83. The van der Waals surface area contributed by atoms with Crippen LogP contribution in [0.2, 0.25) is 0 Å². The Morgan fingerprint density at radius 1 is 0.950 bits per heavy atom. The van der Waals surface area contributed by atoms with Gasteiger partial charge in [-0.2, -0.15) is 0 Å². The number of hydrogen-bond donors (Lipinski definition) is 0. The third-order valence-electron chi connectivity index (χ3n) is 3.57. The van der Waals surface area contributed by atoms with Crippen LogP contribution in [0.5, 0.6) is 0 Å². The van der Waals surface area contributed by atoms with Gasteiger partial charge >= 0.3 is 0 Å². The van der Waals surface area contributed by atoms with Crippen molar-refractivity contribution in [2.75, 3.05) is 0 Å². The quantitative estimate of drug-likeness (QED) is 0.759. The van der Waals surface area contributed by atoms with E-state index in [1.165, 1.54) is 11.3 Å². The zero-order valence-corrected chi connectivity index (χ0v) is 14.9. The number of aryl methyl sites for hydroxylation is 2. The number of hydrogen-bond acceptors (Lipinski definition) is 2. The molecule has 0 N–H and O–H groups in total. The molecule has 0 aromatic carbocycles. The molecule has 0 unspecified atom stereocenters. The first-order valence-electron chi connectivity index (χ1n) is 7.79. The molecule has 0 bridgehead atoms. The monoisotopic (exact) mass is 276 g/mol. The van der Waals surface area contributed by atoms with Crippen molar-refractivity contribution in [1.82, 2.24) is 9.97 Å². The smallest absolute Gasteiger partial charge is 0.128 e. The highest BCUT2D eigenvalue weighted by Gasteiger charge is 2.24. The lowest BCUT2D eigenvalue weighted by Crippen LogP contribution is -2.21. The Morgan fingerprint density at radius 2 is 1.50 bits per heavy atom. The molecule has 0 saturated carbocycles. The summed E-state index contributed by atoms with van der Waals surface area (Å²) in [5, 5.41) is 0. The van der Waals surface area contributed by atoms with Gasteiger partial charge in [0.25, 0.3) is 0 Å². The first-order valence-corrected chi connectivity index (χ1v) is 7.79. The first kappa shape index (κ1) is 17.1. The molecule has 0 aliphatic carbocycles. The fourth-order valence-corrected chi connectivity index (χ4v) is 2.50. The van der Waals surface area contributed by atoms with E-state index in [-0.39, 0.29) is 5.41 Å². The van der Waals surface area contributed by atoms with Crippen molar-refractivity contribution in [2.24, 2.45) is 5.41 Å². The third kappa shape index (κ3) is 4.57. The maximum Gasteiger partial charge on any atom is 0.128 e. The molecule has 1 heterocycles. The van der Waals surface area contributed by atoms with Gasteiger partial charge in [-0.1, -0.05) is 55.4 Å². The van der Waals surface area contributed by atoms with Crippen LogP contribution in [0.25, 0.3) is 0 Å². The minimum atomic E-state index is 0.0732. The molecule has 1 rings (SSSR count). The summed E-state index contributed by atoms with van der Waals surface area (Å²) in [5.41, 5.74) is 4.12. The minimum absolute atomic E-state index is 0.0732. The van der Waals surface area contributed by atoms with E-state index in [0.717, 1.165) is 24.4 Å². The van der Waals surface area contributed by atoms with Gasteiger partial charge in [-0.25, -0.2) is 9.97 Å². The Hall–Kier alpha value is -0.920. The molecular formula is C18H32N2. The minimum Gasteiger partial charge on any atom is -0.238 e. The van der Waals surface area contributed by atoms with Gasteiger partial charge in [0.15, 0.2) is 0 Å². The summed E-state index contributed by atoms with van der Waals surface area (Å²) < 4.78 is 0. The van der Waals surface area contributed by atoms with Crippen molar-refractivity contribution in [2.45, 2.75) is 86.5 Å².